The van der Waals surface area contributed by atoms with E-state index in [-0.39, 0.29) is 21.9 Å². The zero-order chi connectivity index (χ0) is 22.2. The van der Waals surface area contributed by atoms with Gasteiger partial charge in [0.15, 0.2) is 0 Å². The average molecular weight is 433 g/mol. The first-order valence-electron chi connectivity index (χ1n) is 10.1. The molecule has 4 rings (SSSR count). The second-order valence-corrected chi connectivity index (χ2v) is 9.52. The van der Waals surface area contributed by atoms with Crippen LogP contribution in [0.25, 0.3) is 10.2 Å². The van der Waals surface area contributed by atoms with Crippen LogP contribution in [0.3, 0.4) is 0 Å². The number of rotatable bonds is 5. The highest BCUT2D eigenvalue weighted by Gasteiger charge is 2.20. The fourth-order valence-corrected chi connectivity index (χ4v) is 4.51. The molecule has 2 aromatic heterocycles. The van der Waals surface area contributed by atoms with Gasteiger partial charge in [0, 0.05) is 11.8 Å². The van der Waals surface area contributed by atoms with Crippen molar-refractivity contribution < 1.29 is 9.90 Å². The molecule has 0 aliphatic carbocycles. The smallest absolute Gasteiger partial charge is 0.337 e. The third kappa shape index (κ3) is 4.30. The van der Waals surface area contributed by atoms with E-state index in [1.807, 2.05) is 42.5 Å². The maximum absolute atomic E-state index is 13.4. The van der Waals surface area contributed by atoms with Gasteiger partial charge >= 0.3 is 5.97 Å². The van der Waals surface area contributed by atoms with Gasteiger partial charge in [0.25, 0.3) is 5.56 Å². The number of benzene rings is 2. The highest BCUT2D eigenvalue weighted by molar-refractivity contribution is 7.17. The molecule has 158 valence electrons. The topological polar surface area (TPSA) is 72.2 Å². The van der Waals surface area contributed by atoms with Gasteiger partial charge in [-0.2, -0.15) is 0 Å². The van der Waals surface area contributed by atoms with Crippen molar-refractivity contribution in [1.82, 2.24) is 9.55 Å². The molecule has 0 amide bonds. The molecule has 0 atom stereocenters. The lowest BCUT2D eigenvalue weighted by atomic mass is 9.87. The molecule has 6 heteroatoms. The van der Waals surface area contributed by atoms with Gasteiger partial charge < -0.3 is 5.11 Å². The Balaban J connectivity index is 1.83. The molecule has 5 nitrogen and oxygen atoms in total. The van der Waals surface area contributed by atoms with E-state index < -0.39 is 5.97 Å². The molecule has 31 heavy (non-hydrogen) atoms. The van der Waals surface area contributed by atoms with Crippen LogP contribution in [0.5, 0.6) is 0 Å². The van der Waals surface area contributed by atoms with Crippen LogP contribution in [-0.2, 0) is 18.4 Å². The van der Waals surface area contributed by atoms with E-state index in [0.717, 1.165) is 11.1 Å². The van der Waals surface area contributed by atoms with E-state index in [1.54, 1.807) is 4.57 Å². The van der Waals surface area contributed by atoms with E-state index in [2.05, 4.69) is 32.9 Å². The summed E-state index contributed by atoms with van der Waals surface area (Å²) < 4.78 is 1.61. The predicted octanol–water partition coefficient (Wildman–Crippen LogP) is 5.09. The first-order chi connectivity index (χ1) is 14.7. The first-order valence-corrected chi connectivity index (χ1v) is 11.0. The van der Waals surface area contributed by atoms with E-state index in [1.165, 1.54) is 22.3 Å². The molecule has 2 heterocycles. The molecule has 0 spiro atoms. The van der Waals surface area contributed by atoms with Crippen molar-refractivity contribution in [3.05, 3.63) is 98.4 Å². The van der Waals surface area contributed by atoms with Gasteiger partial charge in [-0.15, -0.1) is 11.3 Å². The lowest BCUT2D eigenvalue weighted by Gasteiger charge is -2.19. The largest absolute Gasteiger partial charge is 0.478 e. The zero-order valence-corrected chi connectivity index (χ0v) is 18.6. The molecule has 2 aromatic carbocycles. The number of carboxylic acids is 1. The molecular formula is C25H24N2O3S. The van der Waals surface area contributed by atoms with E-state index >= 15 is 0 Å². The van der Waals surface area contributed by atoms with Crippen LogP contribution in [0.4, 0.5) is 0 Å². The van der Waals surface area contributed by atoms with Gasteiger partial charge in [0.2, 0.25) is 0 Å². The van der Waals surface area contributed by atoms with Gasteiger partial charge in [-0.1, -0.05) is 75.4 Å². The number of nitrogens with zero attached hydrogens (tertiary/aromatic N) is 2. The summed E-state index contributed by atoms with van der Waals surface area (Å²) in [5.41, 5.74) is 2.97. The summed E-state index contributed by atoms with van der Waals surface area (Å²) in [7, 11) is 0. The Labute approximate surface area is 184 Å². The summed E-state index contributed by atoms with van der Waals surface area (Å²) in [6.07, 6.45) is 0.492. The zero-order valence-electron chi connectivity index (χ0n) is 17.8. The summed E-state index contributed by atoms with van der Waals surface area (Å²) in [4.78, 5) is 30.2. The molecule has 0 saturated carbocycles. The highest BCUT2D eigenvalue weighted by atomic mass is 32.1. The van der Waals surface area contributed by atoms with Crippen LogP contribution in [0.1, 0.15) is 53.6 Å². The van der Waals surface area contributed by atoms with Crippen molar-refractivity contribution in [3.8, 4) is 0 Å². The van der Waals surface area contributed by atoms with E-state index in [9.17, 15) is 14.7 Å². The van der Waals surface area contributed by atoms with Crippen molar-refractivity contribution in [2.75, 3.05) is 0 Å². The van der Waals surface area contributed by atoms with Gasteiger partial charge in [-0.25, -0.2) is 9.78 Å². The maximum Gasteiger partial charge on any atom is 0.337 e. The number of carboxylic acid groups (broad SMARTS) is 1. The first kappa shape index (κ1) is 21.0. The number of fused-ring (bicyclic) bond motifs is 1. The number of hydrogen-bond acceptors (Lipinski definition) is 4. The van der Waals surface area contributed by atoms with Gasteiger partial charge in [-0.05, 0) is 22.1 Å². The van der Waals surface area contributed by atoms with Crippen molar-refractivity contribution in [2.24, 2.45) is 0 Å². The van der Waals surface area contributed by atoms with Crippen LogP contribution in [0, 0.1) is 0 Å². The molecule has 1 N–H and O–H groups in total. The third-order valence-electron chi connectivity index (χ3n) is 5.37. The molecule has 0 radical (unpaired) electrons. The molecule has 0 bridgehead atoms. The average Bonchev–Trinajstić information content (AvgIpc) is 3.16. The minimum absolute atomic E-state index is 0.0144. The Hall–Kier alpha value is -3.25. The SMILES string of the molecule is CC(C)(C)c1ccc(Cn2c(Cc3ccccc3)nc3scc(C(=O)O)c3c2=O)cc1. The minimum Gasteiger partial charge on any atom is -0.478 e. The van der Waals surface area contributed by atoms with Crippen LogP contribution < -0.4 is 5.56 Å². The molecule has 0 unspecified atom stereocenters. The van der Waals surface area contributed by atoms with Crippen molar-refractivity contribution in [3.63, 3.8) is 0 Å². The van der Waals surface area contributed by atoms with Crippen molar-refractivity contribution in [1.29, 1.82) is 0 Å². The second kappa shape index (κ2) is 8.12. The van der Waals surface area contributed by atoms with Crippen LogP contribution in [0.2, 0.25) is 0 Å². The number of aromatic carboxylic acids is 1. The molecular weight excluding hydrogens is 408 g/mol. The summed E-state index contributed by atoms with van der Waals surface area (Å²) >= 11 is 1.20. The normalized spacial score (nSPS) is 11.7. The fraction of sp³-hybridized carbons (Fsp3) is 0.240. The predicted molar refractivity (Wildman–Crippen MR) is 124 cm³/mol. The number of hydrogen-bond donors (Lipinski definition) is 1. The number of aromatic nitrogens is 2. The van der Waals surface area contributed by atoms with Gasteiger partial charge in [-0.3, -0.25) is 9.36 Å². The Morgan fingerprint density at radius 2 is 1.71 bits per heavy atom. The Bertz CT molecular complexity index is 1300. The molecule has 0 saturated heterocycles. The fourth-order valence-electron chi connectivity index (χ4n) is 3.59. The van der Waals surface area contributed by atoms with E-state index in [4.69, 9.17) is 4.98 Å². The highest BCUT2D eigenvalue weighted by Crippen LogP contribution is 2.24. The van der Waals surface area contributed by atoms with Crippen molar-refractivity contribution in [2.45, 2.75) is 39.2 Å². The monoisotopic (exact) mass is 432 g/mol. The summed E-state index contributed by atoms with van der Waals surface area (Å²) in [5, 5.41) is 11.2. The Morgan fingerprint density at radius 1 is 1.03 bits per heavy atom. The molecule has 0 fully saturated rings. The maximum atomic E-state index is 13.4. The Morgan fingerprint density at radius 3 is 2.32 bits per heavy atom. The van der Waals surface area contributed by atoms with Crippen LogP contribution >= 0.6 is 11.3 Å². The number of thiophene rings is 1. The summed E-state index contributed by atoms with van der Waals surface area (Å²) in [6.45, 7) is 6.81. The lowest BCUT2D eigenvalue weighted by molar-refractivity contribution is 0.0699. The minimum atomic E-state index is -1.11. The third-order valence-corrected chi connectivity index (χ3v) is 6.24. The van der Waals surface area contributed by atoms with E-state index in [0.29, 0.717) is 23.6 Å². The lowest BCUT2D eigenvalue weighted by Crippen LogP contribution is -2.26. The second-order valence-electron chi connectivity index (χ2n) is 8.66. The van der Waals surface area contributed by atoms with Crippen LogP contribution in [-0.4, -0.2) is 20.6 Å². The standard InChI is InChI=1S/C25H24N2O3S/c1-25(2,3)18-11-9-17(10-12-18)14-27-20(13-16-7-5-4-6-8-16)26-22-21(23(27)28)19(15-31-22)24(29)30/h4-12,15H,13-14H2,1-3H3,(H,29,30). The van der Waals surface area contributed by atoms with Crippen LogP contribution in [0.15, 0.2) is 64.8 Å². The quantitative estimate of drug-likeness (QED) is 0.477. The van der Waals surface area contributed by atoms with Gasteiger partial charge in [0.05, 0.1) is 17.5 Å². The Kier molecular flexibility index (Phi) is 5.50. The summed E-state index contributed by atoms with van der Waals surface area (Å²) in [5.74, 6) is -0.482. The van der Waals surface area contributed by atoms with Gasteiger partial charge in [0.1, 0.15) is 10.7 Å². The van der Waals surface area contributed by atoms with Crippen molar-refractivity contribution >= 4 is 27.5 Å². The number of carbonyl (C=O) groups is 1. The molecule has 0 aliphatic rings. The molecule has 4 aromatic rings. The molecule has 0 aliphatic heterocycles. The summed E-state index contributed by atoms with van der Waals surface area (Å²) in [6, 6.07) is 18.1.